The fraction of sp³-hybridized carbons (Fsp3) is 0.538. The van der Waals surface area contributed by atoms with Crippen LogP contribution in [0, 0.1) is 0 Å². The first kappa shape index (κ1) is 13.0. The molecule has 2 heteroatoms. The summed E-state index contributed by atoms with van der Waals surface area (Å²) in [6.45, 7) is 3.57. The second-order valence-electron chi connectivity index (χ2n) is 4.88. The van der Waals surface area contributed by atoms with Gasteiger partial charge in [0.2, 0.25) is 0 Å². The molecule has 0 saturated carbocycles. The van der Waals surface area contributed by atoms with Gasteiger partial charge in [0.15, 0.2) is 0 Å². The van der Waals surface area contributed by atoms with Crippen LogP contribution in [0.25, 0.3) is 0 Å². The predicted molar refractivity (Wildman–Crippen MR) is 60.2 cm³/mol. The van der Waals surface area contributed by atoms with Crippen LogP contribution in [0.3, 0.4) is 0 Å². The van der Waals surface area contributed by atoms with Crippen molar-refractivity contribution in [3.8, 4) is 0 Å². The van der Waals surface area contributed by atoms with Gasteiger partial charge in [0.1, 0.15) is 6.04 Å². The molecule has 0 aromatic heterocycles. The highest BCUT2D eigenvalue weighted by atomic mass is 127. The molecule has 84 valence electrons. The summed E-state index contributed by atoms with van der Waals surface area (Å²) in [5.41, 5.74) is 3.14. The number of quaternary nitrogens is 1. The maximum Gasteiger partial charge on any atom is 0.114 e. The molecule has 1 heterocycles. The van der Waals surface area contributed by atoms with Crippen LogP contribution >= 0.6 is 0 Å². The number of benzene rings is 1. The molecular formula is C13H20IN. The molecular weight excluding hydrogens is 297 g/mol. The molecule has 1 unspecified atom stereocenters. The molecule has 0 N–H and O–H groups in total. The second-order valence-corrected chi connectivity index (χ2v) is 4.88. The van der Waals surface area contributed by atoms with Gasteiger partial charge >= 0.3 is 0 Å². The molecule has 0 bridgehead atoms. The smallest absolute Gasteiger partial charge is 0.114 e. The summed E-state index contributed by atoms with van der Waals surface area (Å²) in [5.74, 6) is 0. The molecule has 0 fully saturated rings. The molecule has 0 saturated heterocycles. The number of nitrogens with zero attached hydrogens (tertiary/aromatic N) is 1. The zero-order valence-corrected chi connectivity index (χ0v) is 12.0. The third-order valence-electron chi connectivity index (χ3n) is 3.60. The number of rotatable bonds is 1. The van der Waals surface area contributed by atoms with Crippen LogP contribution in [0.1, 0.15) is 30.5 Å². The summed E-state index contributed by atoms with van der Waals surface area (Å²) in [5, 5.41) is 0. The molecule has 1 atom stereocenters. The van der Waals surface area contributed by atoms with Crippen molar-refractivity contribution in [2.24, 2.45) is 0 Å². The Labute approximate surface area is 110 Å². The molecule has 1 nitrogen and oxygen atoms in total. The molecule has 0 aliphatic carbocycles. The maximum atomic E-state index is 2.35. The second kappa shape index (κ2) is 4.83. The van der Waals surface area contributed by atoms with Gasteiger partial charge in [-0.3, -0.25) is 0 Å². The molecule has 0 amide bonds. The van der Waals surface area contributed by atoms with Crippen molar-refractivity contribution in [3.63, 3.8) is 0 Å². The normalized spacial score (nSPS) is 22.7. The molecule has 2 rings (SSSR count). The average molecular weight is 317 g/mol. The molecule has 1 aliphatic rings. The van der Waals surface area contributed by atoms with Crippen molar-refractivity contribution < 1.29 is 28.5 Å². The van der Waals surface area contributed by atoms with Gasteiger partial charge in [-0.15, -0.1) is 0 Å². The zero-order chi connectivity index (χ0) is 10.2. The van der Waals surface area contributed by atoms with Crippen LogP contribution in [0.2, 0.25) is 0 Å². The van der Waals surface area contributed by atoms with Crippen LogP contribution in [0.5, 0.6) is 0 Å². The lowest BCUT2D eigenvalue weighted by Gasteiger charge is -2.42. The van der Waals surface area contributed by atoms with Crippen LogP contribution in [0.15, 0.2) is 24.3 Å². The molecule has 1 aromatic rings. The van der Waals surface area contributed by atoms with Crippen LogP contribution in [-0.2, 0) is 6.42 Å². The summed E-state index contributed by atoms with van der Waals surface area (Å²) >= 11 is 0. The quantitative estimate of drug-likeness (QED) is 0.496. The van der Waals surface area contributed by atoms with Crippen molar-refractivity contribution in [1.29, 1.82) is 0 Å². The van der Waals surface area contributed by atoms with E-state index in [2.05, 4.69) is 45.3 Å². The van der Waals surface area contributed by atoms with Crippen molar-refractivity contribution in [3.05, 3.63) is 35.4 Å². The van der Waals surface area contributed by atoms with Gasteiger partial charge < -0.3 is 28.5 Å². The van der Waals surface area contributed by atoms with Crippen LogP contribution in [0.4, 0.5) is 0 Å². The molecule has 0 radical (unpaired) electrons. The summed E-state index contributed by atoms with van der Waals surface area (Å²) in [6, 6.07) is 9.63. The first-order chi connectivity index (χ1) is 6.65. The molecule has 0 spiro atoms. The van der Waals surface area contributed by atoms with Crippen molar-refractivity contribution in [2.75, 3.05) is 20.6 Å². The Bertz CT molecular complexity index is 333. The SMILES string of the molecule is CCC1c2ccccc2CC[N+]1(C)C.[I-]. The average Bonchev–Trinajstić information content (AvgIpc) is 2.17. The van der Waals surface area contributed by atoms with E-state index < -0.39 is 0 Å². The number of hydrogen-bond acceptors (Lipinski definition) is 0. The third-order valence-corrected chi connectivity index (χ3v) is 3.60. The van der Waals surface area contributed by atoms with E-state index in [4.69, 9.17) is 0 Å². The van der Waals surface area contributed by atoms with Gasteiger partial charge in [-0.25, -0.2) is 0 Å². The highest BCUT2D eigenvalue weighted by Crippen LogP contribution is 2.34. The summed E-state index contributed by atoms with van der Waals surface area (Å²) in [4.78, 5) is 0. The minimum Gasteiger partial charge on any atom is -1.00 e. The lowest BCUT2D eigenvalue weighted by atomic mass is 9.90. The van der Waals surface area contributed by atoms with Gasteiger partial charge in [-0.1, -0.05) is 31.2 Å². The van der Waals surface area contributed by atoms with E-state index in [1.54, 1.807) is 11.1 Å². The van der Waals surface area contributed by atoms with Gasteiger partial charge in [0.25, 0.3) is 0 Å². The lowest BCUT2D eigenvalue weighted by Crippen LogP contribution is -3.00. The summed E-state index contributed by atoms with van der Waals surface area (Å²) in [7, 11) is 4.70. The van der Waals surface area contributed by atoms with E-state index >= 15 is 0 Å². The Kier molecular flexibility index (Phi) is 4.18. The Morgan fingerprint density at radius 3 is 2.60 bits per heavy atom. The Morgan fingerprint density at radius 1 is 1.27 bits per heavy atom. The first-order valence-electron chi connectivity index (χ1n) is 5.55. The minimum atomic E-state index is 0. The lowest BCUT2D eigenvalue weighted by molar-refractivity contribution is -0.923. The number of fused-ring (bicyclic) bond motifs is 1. The minimum absolute atomic E-state index is 0. The van der Waals surface area contributed by atoms with E-state index in [-0.39, 0.29) is 24.0 Å². The standard InChI is InChI=1S/C13H20N.HI/c1-4-13-12-8-6-5-7-11(12)9-10-14(13,2)3;/h5-8,13H,4,9-10H2,1-3H3;1H/q+1;/p-1. The molecule has 1 aromatic carbocycles. The highest BCUT2D eigenvalue weighted by molar-refractivity contribution is 5.30. The predicted octanol–water partition coefficient (Wildman–Crippen LogP) is -0.226. The fourth-order valence-electron chi connectivity index (χ4n) is 2.74. The van der Waals surface area contributed by atoms with E-state index in [0.717, 1.165) is 4.48 Å². The van der Waals surface area contributed by atoms with Gasteiger partial charge in [-0.05, 0) is 5.56 Å². The Balaban J connectivity index is 0.00000112. The third kappa shape index (κ3) is 2.36. The highest BCUT2D eigenvalue weighted by Gasteiger charge is 2.33. The topological polar surface area (TPSA) is 0 Å². The number of halogens is 1. The van der Waals surface area contributed by atoms with Crippen LogP contribution < -0.4 is 24.0 Å². The van der Waals surface area contributed by atoms with Gasteiger partial charge in [0, 0.05) is 18.4 Å². The molecule has 15 heavy (non-hydrogen) atoms. The van der Waals surface area contributed by atoms with Crippen LogP contribution in [-0.4, -0.2) is 25.1 Å². The maximum absolute atomic E-state index is 2.35. The summed E-state index contributed by atoms with van der Waals surface area (Å²) in [6.07, 6.45) is 2.48. The fourth-order valence-corrected chi connectivity index (χ4v) is 2.74. The van der Waals surface area contributed by atoms with Gasteiger partial charge in [0.05, 0.1) is 20.6 Å². The van der Waals surface area contributed by atoms with Crippen molar-refractivity contribution in [1.82, 2.24) is 0 Å². The monoisotopic (exact) mass is 317 g/mol. The van der Waals surface area contributed by atoms with E-state index in [0.29, 0.717) is 6.04 Å². The number of hydrogen-bond donors (Lipinski definition) is 0. The number of likely N-dealkylation sites (N-methyl/N-ethyl adjacent to an activating group) is 1. The Morgan fingerprint density at radius 2 is 1.93 bits per heavy atom. The zero-order valence-electron chi connectivity index (χ0n) is 9.83. The largest absolute Gasteiger partial charge is 1.00 e. The first-order valence-corrected chi connectivity index (χ1v) is 5.55. The summed E-state index contributed by atoms with van der Waals surface area (Å²) < 4.78 is 1.15. The Hall–Kier alpha value is -0.0900. The van der Waals surface area contributed by atoms with E-state index in [1.807, 2.05) is 0 Å². The van der Waals surface area contributed by atoms with E-state index in [9.17, 15) is 0 Å². The van der Waals surface area contributed by atoms with E-state index in [1.165, 1.54) is 19.4 Å². The van der Waals surface area contributed by atoms with Crippen molar-refractivity contribution >= 4 is 0 Å². The van der Waals surface area contributed by atoms with Gasteiger partial charge in [-0.2, -0.15) is 0 Å². The van der Waals surface area contributed by atoms with Crippen molar-refractivity contribution in [2.45, 2.75) is 25.8 Å². The molecule has 1 aliphatic heterocycles.